The lowest BCUT2D eigenvalue weighted by Crippen LogP contribution is -2.31. The van der Waals surface area contributed by atoms with E-state index in [1.165, 1.54) is 18.1 Å². The van der Waals surface area contributed by atoms with Crippen molar-refractivity contribution >= 4 is 5.91 Å². The van der Waals surface area contributed by atoms with Crippen molar-refractivity contribution in [3.8, 4) is 0 Å². The van der Waals surface area contributed by atoms with Gasteiger partial charge < -0.3 is 9.32 Å². The van der Waals surface area contributed by atoms with Gasteiger partial charge in [-0.2, -0.15) is 0 Å². The molecule has 0 radical (unpaired) electrons. The van der Waals surface area contributed by atoms with Crippen molar-refractivity contribution in [3.63, 3.8) is 0 Å². The molecule has 2 heterocycles. The maximum Gasteiger partial charge on any atom is 0.257 e. The Morgan fingerprint density at radius 2 is 1.88 bits per heavy atom. The van der Waals surface area contributed by atoms with Gasteiger partial charge in [0, 0.05) is 25.5 Å². The first-order valence-electron chi connectivity index (χ1n) is 8.07. The highest BCUT2D eigenvalue weighted by Crippen LogP contribution is 2.12. The Bertz CT molecular complexity index is 740. The average Bonchev–Trinajstić information content (AvgIpc) is 3.17. The van der Waals surface area contributed by atoms with Gasteiger partial charge in [-0.25, -0.2) is 0 Å². The molecule has 0 fully saturated rings. The van der Waals surface area contributed by atoms with Crippen LogP contribution in [-0.4, -0.2) is 22.3 Å². The third-order valence-corrected chi connectivity index (χ3v) is 3.89. The van der Waals surface area contributed by atoms with Crippen LogP contribution in [0.5, 0.6) is 0 Å². The molecular formula is C20H20N2O2. The van der Waals surface area contributed by atoms with E-state index in [1.54, 1.807) is 18.5 Å². The molecule has 0 aliphatic carbocycles. The monoisotopic (exact) mass is 320 g/mol. The van der Waals surface area contributed by atoms with Gasteiger partial charge in [0.25, 0.3) is 5.91 Å². The summed E-state index contributed by atoms with van der Waals surface area (Å²) in [5.74, 6) is -0.0133. The fraction of sp³-hybridized carbons (Fsp3) is 0.200. The minimum atomic E-state index is -0.0133. The number of aromatic nitrogens is 1. The number of benzene rings is 1. The topological polar surface area (TPSA) is 46.3 Å². The summed E-state index contributed by atoms with van der Waals surface area (Å²) < 4.78 is 5.05. The number of carbonyl (C=O) groups is 1. The number of hydrogen-bond donors (Lipinski definition) is 0. The highest BCUT2D eigenvalue weighted by Gasteiger charge is 2.17. The summed E-state index contributed by atoms with van der Waals surface area (Å²) >= 11 is 0. The van der Waals surface area contributed by atoms with Crippen molar-refractivity contribution in [2.75, 3.05) is 6.54 Å². The normalized spacial score (nSPS) is 10.5. The third kappa shape index (κ3) is 4.32. The average molecular weight is 320 g/mol. The van der Waals surface area contributed by atoms with Gasteiger partial charge in [-0.05, 0) is 36.1 Å². The molecule has 3 aromatic rings. The highest BCUT2D eigenvalue weighted by atomic mass is 16.3. The summed E-state index contributed by atoms with van der Waals surface area (Å²) in [6.45, 7) is 1.24. The zero-order valence-electron chi connectivity index (χ0n) is 13.5. The molecule has 0 aliphatic rings. The summed E-state index contributed by atoms with van der Waals surface area (Å²) in [4.78, 5) is 18.7. The molecule has 1 aromatic carbocycles. The van der Waals surface area contributed by atoms with Gasteiger partial charge in [-0.15, -0.1) is 0 Å². The first-order chi connectivity index (χ1) is 11.8. The summed E-state index contributed by atoms with van der Waals surface area (Å²) in [5, 5.41) is 0. The zero-order chi connectivity index (χ0) is 16.6. The fourth-order valence-electron chi connectivity index (χ4n) is 2.65. The molecule has 0 bridgehead atoms. The smallest absolute Gasteiger partial charge is 0.257 e. The van der Waals surface area contributed by atoms with Crippen LogP contribution in [0.1, 0.15) is 27.9 Å². The Hall–Kier alpha value is -2.88. The van der Waals surface area contributed by atoms with E-state index < -0.39 is 0 Å². The van der Waals surface area contributed by atoms with E-state index in [-0.39, 0.29) is 5.91 Å². The first kappa shape index (κ1) is 16.0. The predicted octanol–water partition coefficient (Wildman–Crippen LogP) is 3.95. The van der Waals surface area contributed by atoms with E-state index in [0.29, 0.717) is 18.7 Å². The fourth-order valence-corrected chi connectivity index (χ4v) is 2.65. The van der Waals surface area contributed by atoms with Gasteiger partial charge in [0.1, 0.15) is 6.26 Å². The second-order valence-corrected chi connectivity index (χ2v) is 5.69. The summed E-state index contributed by atoms with van der Waals surface area (Å²) in [6, 6.07) is 15.9. The van der Waals surface area contributed by atoms with Crippen LogP contribution >= 0.6 is 0 Å². The molecule has 122 valence electrons. The minimum absolute atomic E-state index is 0.0133. The van der Waals surface area contributed by atoms with Crippen molar-refractivity contribution in [3.05, 3.63) is 90.1 Å². The van der Waals surface area contributed by atoms with Crippen molar-refractivity contribution in [1.29, 1.82) is 0 Å². The van der Waals surface area contributed by atoms with Crippen LogP contribution in [-0.2, 0) is 13.0 Å². The Morgan fingerprint density at radius 1 is 1.04 bits per heavy atom. The maximum absolute atomic E-state index is 12.7. The SMILES string of the molecule is O=C(c1ccoc1)N(CCCc1ccccc1)Cc1cccnc1. The maximum atomic E-state index is 12.7. The van der Waals surface area contributed by atoms with Crippen LogP contribution in [0.3, 0.4) is 0 Å². The molecule has 24 heavy (non-hydrogen) atoms. The van der Waals surface area contributed by atoms with Crippen molar-refractivity contribution < 1.29 is 9.21 Å². The second kappa shape index (κ2) is 8.11. The molecule has 0 atom stereocenters. The number of pyridine rings is 1. The van der Waals surface area contributed by atoms with Gasteiger partial charge in [0.15, 0.2) is 0 Å². The highest BCUT2D eigenvalue weighted by molar-refractivity contribution is 5.93. The number of amides is 1. The lowest BCUT2D eigenvalue weighted by Gasteiger charge is -2.22. The zero-order valence-corrected chi connectivity index (χ0v) is 13.5. The number of aryl methyl sites for hydroxylation is 1. The van der Waals surface area contributed by atoms with Crippen LogP contribution in [0.25, 0.3) is 0 Å². The van der Waals surface area contributed by atoms with Crippen LogP contribution in [0.4, 0.5) is 0 Å². The number of carbonyl (C=O) groups excluding carboxylic acids is 1. The Balaban J connectivity index is 1.66. The van der Waals surface area contributed by atoms with E-state index in [0.717, 1.165) is 18.4 Å². The molecule has 0 unspecified atom stereocenters. The minimum Gasteiger partial charge on any atom is -0.472 e. The summed E-state index contributed by atoms with van der Waals surface area (Å²) in [7, 11) is 0. The van der Waals surface area contributed by atoms with Gasteiger partial charge in [0.2, 0.25) is 0 Å². The van der Waals surface area contributed by atoms with E-state index in [1.807, 2.05) is 35.2 Å². The molecule has 3 rings (SSSR count). The van der Waals surface area contributed by atoms with Crippen LogP contribution in [0.15, 0.2) is 77.9 Å². The lowest BCUT2D eigenvalue weighted by molar-refractivity contribution is 0.0740. The Morgan fingerprint density at radius 3 is 2.58 bits per heavy atom. The molecule has 0 saturated heterocycles. The lowest BCUT2D eigenvalue weighted by atomic mass is 10.1. The van der Waals surface area contributed by atoms with E-state index >= 15 is 0 Å². The van der Waals surface area contributed by atoms with Gasteiger partial charge in [-0.3, -0.25) is 9.78 Å². The third-order valence-electron chi connectivity index (χ3n) is 3.89. The van der Waals surface area contributed by atoms with Crippen LogP contribution in [0, 0.1) is 0 Å². The van der Waals surface area contributed by atoms with Crippen LogP contribution in [0.2, 0.25) is 0 Å². The number of rotatable bonds is 7. The van der Waals surface area contributed by atoms with Crippen molar-refractivity contribution in [1.82, 2.24) is 9.88 Å². The molecular weight excluding hydrogens is 300 g/mol. The van der Waals surface area contributed by atoms with Crippen molar-refractivity contribution in [2.24, 2.45) is 0 Å². The number of furan rings is 1. The summed E-state index contributed by atoms with van der Waals surface area (Å²) in [6.07, 6.45) is 8.42. The van der Waals surface area contributed by atoms with Gasteiger partial charge >= 0.3 is 0 Å². The molecule has 4 heteroatoms. The van der Waals surface area contributed by atoms with E-state index in [4.69, 9.17) is 4.42 Å². The molecule has 2 aromatic heterocycles. The van der Waals surface area contributed by atoms with E-state index in [9.17, 15) is 4.79 Å². The van der Waals surface area contributed by atoms with Crippen molar-refractivity contribution in [2.45, 2.75) is 19.4 Å². The molecule has 4 nitrogen and oxygen atoms in total. The molecule has 0 saturated carbocycles. The Kier molecular flexibility index (Phi) is 5.40. The predicted molar refractivity (Wildman–Crippen MR) is 92.4 cm³/mol. The van der Waals surface area contributed by atoms with Gasteiger partial charge in [0.05, 0.1) is 11.8 Å². The molecule has 1 amide bonds. The molecule has 0 N–H and O–H groups in total. The quantitative estimate of drug-likeness (QED) is 0.662. The molecule has 0 aliphatic heterocycles. The first-order valence-corrected chi connectivity index (χ1v) is 8.07. The Labute approximate surface area is 141 Å². The van der Waals surface area contributed by atoms with Crippen LogP contribution < -0.4 is 0 Å². The van der Waals surface area contributed by atoms with E-state index in [2.05, 4.69) is 17.1 Å². The molecule has 0 spiro atoms. The summed E-state index contributed by atoms with van der Waals surface area (Å²) in [5.41, 5.74) is 2.89. The number of nitrogens with zero attached hydrogens (tertiary/aromatic N) is 2. The second-order valence-electron chi connectivity index (χ2n) is 5.69. The standard InChI is InChI=1S/C20H20N2O2/c23-20(19-10-13-24-16-19)22(15-18-8-4-11-21-14-18)12-5-9-17-6-2-1-3-7-17/h1-4,6-8,10-11,13-14,16H,5,9,12,15H2. The largest absolute Gasteiger partial charge is 0.472 e. The van der Waals surface area contributed by atoms with Gasteiger partial charge in [-0.1, -0.05) is 36.4 Å². The number of hydrogen-bond acceptors (Lipinski definition) is 3.